The van der Waals surface area contributed by atoms with Crippen LogP contribution in [-0.2, 0) is 23.7 Å². The van der Waals surface area contributed by atoms with Gasteiger partial charge >= 0.3 is 5.97 Å². The van der Waals surface area contributed by atoms with Crippen molar-refractivity contribution in [1.29, 1.82) is 0 Å². The lowest BCUT2D eigenvalue weighted by Crippen LogP contribution is -2.62. The summed E-state index contributed by atoms with van der Waals surface area (Å²) in [5.74, 6) is -2.78. The lowest BCUT2D eigenvalue weighted by Gasteiger charge is -2.43. The minimum absolute atomic E-state index is 0.180. The molecule has 0 aromatic carbocycles. The summed E-state index contributed by atoms with van der Waals surface area (Å²) < 4.78 is 21.4. The summed E-state index contributed by atoms with van der Waals surface area (Å²) in [5.41, 5.74) is 0. The number of hydrogen-bond donors (Lipinski definition) is 7. The molecular formula is C28H50O12. The first-order chi connectivity index (χ1) is 19.2. The van der Waals surface area contributed by atoms with Crippen LogP contribution in [0.4, 0.5) is 0 Å². The smallest absolute Gasteiger partial charge is 0.305 e. The number of aliphatic hydroxyl groups is 7. The number of allylic oxidation sites excluding steroid dienone is 2. The summed E-state index contributed by atoms with van der Waals surface area (Å²) >= 11 is 0. The Kier molecular flexibility index (Phi) is 16.1. The van der Waals surface area contributed by atoms with E-state index in [9.17, 15) is 40.5 Å². The molecule has 0 amide bonds. The molecule has 0 bridgehead atoms. The van der Waals surface area contributed by atoms with Crippen LogP contribution < -0.4 is 0 Å². The van der Waals surface area contributed by atoms with Gasteiger partial charge in [0, 0.05) is 6.42 Å². The third-order valence-electron chi connectivity index (χ3n) is 7.44. The third-order valence-corrected chi connectivity index (χ3v) is 7.44. The largest absolute Gasteiger partial charge is 0.463 e. The highest BCUT2D eigenvalue weighted by atomic mass is 16.8. The molecule has 0 spiro atoms. The highest BCUT2D eigenvalue weighted by Gasteiger charge is 2.58. The molecule has 2 fully saturated rings. The van der Waals surface area contributed by atoms with E-state index < -0.39 is 80.6 Å². The molecule has 2 saturated heterocycles. The average molecular weight is 579 g/mol. The number of unbranched alkanes of at least 4 members (excludes halogenated alkanes) is 9. The maximum absolute atomic E-state index is 12.2. The van der Waals surface area contributed by atoms with E-state index in [2.05, 4.69) is 19.1 Å². The van der Waals surface area contributed by atoms with Crippen molar-refractivity contribution in [2.45, 2.75) is 139 Å². The number of esters is 1. The minimum Gasteiger partial charge on any atom is -0.463 e. The Hall–Kier alpha value is -1.19. The summed E-state index contributed by atoms with van der Waals surface area (Å²) in [6.07, 6.45) is 3.80. The fourth-order valence-electron chi connectivity index (χ4n) is 4.85. The van der Waals surface area contributed by atoms with Crippen molar-refractivity contribution >= 4 is 5.97 Å². The summed E-state index contributed by atoms with van der Waals surface area (Å²) in [6.45, 7) is 0.0993. The Bertz CT molecular complexity index is 736. The van der Waals surface area contributed by atoms with Gasteiger partial charge in [-0.2, -0.15) is 0 Å². The maximum Gasteiger partial charge on any atom is 0.305 e. The van der Waals surface area contributed by atoms with Crippen LogP contribution in [-0.4, -0.2) is 116 Å². The topological polar surface area (TPSA) is 196 Å². The Balaban J connectivity index is 1.69. The lowest BCUT2D eigenvalue weighted by molar-refractivity contribution is -0.383. The molecule has 0 aromatic rings. The van der Waals surface area contributed by atoms with Gasteiger partial charge in [-0.25, -0.2) is 0 Å². The molecule has 0 radical (unpaired) electrons. The minimum atomic E-state index is -2.27. The predicted octanol–water partition coefficient (Wildman–Crippen LogP) is 0.413. The van der Waals surface area contributed by atoms with Gasteiger partial charge in [0.2, 0.25) is 5.79 Å². The molecule has 0 saturated carbocycles. The second-order valence-corrected chi connectivity index (χ2v) is 10.7. The van der Waals surface area contributed by atoms with Crippen LogP contribution in [0.2, 0.25) is 0 Å². The molecule has 2 aliphatic rings. The number of carbonyl (C=O) groups is 1. The molecule has 2 heterocycles. The van der Waals surface area contributed by atoms with E-state index in [1.807, 2.05) is 0 Å². The Labute approximate surface area is 236 Å². The van der Waals surface area contributed by atoms with E-state index in [0.717, 1.165) is 38.5 Å². The van der Waals surface area contributed by atoms with E-state index in [1.54, 1.807) is 0 Å². The first-order valence-electron chi connectivity index (χ1n) is 14.6. The van der Waals surface area contributed by atoms with Gasteiger partial charge < -0.3 is 54.7 Å². The number of rotatable bonds is 19. The lowest BCUT2D eigenvalue weighted by atomic mass is 9.99. The van der Waals surface area contributed by atoms with Crippen molar-refractivity contribution in [1.82, 2.24) is 0 Å². The fourth-order valence-corrected chi connectivity index (χ4v) is 4.85. The van der Waals surface area contributed by atoms with E-state index >= 15 is 0 Å². The highest BCUT2D eigenvalue weighted by Crippen LogP contribution is 2.36. The maximum atomic E-state index is 12.2. The Morgan fingerprint density at radius 2 is 1.43 bits per heavy atom. The van der Waals surface area contributed by atoms with Crippen LogP contribution in [0, 0.1) is 0 Å². The summed E-state index contributed by atoms with van der Waals surface area (Å²) in [6, 6.07) is 0. The molecule has 7 N–H and O–H groups in total. The number of hydrogen-bond acceptors (Lipinski definition) is 12. The van der Waals surface area contributed by atoms with Crippen molar-refractivity contribution in [3.8, 4) is 0 Å². The SMILES string of the molecule is CCCCCC/C=C\CCCCCCCC(=O)OC[C@H]1O[C@H](O[C@]2(CO)O[C@H](CO)[C@@H](O)[C@@H]2O)[C@H](O)[C@@H](O)[C@@H]1O. The normalized spacial score (nSPS) is 34.5. The monoisotopic (exact) mass is 578 g/mol. The Morgan fingerprint density at radius 3 is 2.02 bits per heavy atom. The van der Waals surface area contributed by atoms with Crippen molar-refractivity contribution in [3.63, 3.8) is 0 Å². The van der Waals surface area contributed by atoms with Crippen LogP contribution in [0.1, 0.15) is 84.0 Å². The molecule has 0 aromatic heterocycles. The summed E-state index contributed by atoms with van der Waals surface area (Å²) in [5, 5.41) is 70.4. The van der Waals surface area contributed by atoms with Crippen LogP contribution in [0.5, 0.6) is 0 Å². The standard InChI is InChI=1S/C28H50O12/c1-2-3-4-5-6-7-8-9-10-11-12-13-14-15-21(31)37-17-20-22(32)24(34)25(35)27(38-20)40-28(18-30)26(36)23(33)19(16-29)39-28/h7-8,19-20,22-27,29-30,32-36H,2-6,9-18H2,1H3/b8-7-/t19-,20-,22-,23-,24+,25-,26+,27-,28+/m1/s1. The van der Waals surface area contributed by atoms with Crippen molar-refractivity contribution < 1.29 is 59.5 Å². The zero-order valence-electron chi connectivity index (χ0n) is 23.6. The van der Waals surface area contributed by atoms with Gasteiger partial charge in [-0.1, -0.05) is 57.6 Å². The van der Waals surface area contributed by atoms with Gasteiger partial charge in [-0.15, -0.1) is 0 Å². The fraction of sp³-hybridized carbons (Fsp3) is 0.893. The third kappa shape index (κ3) is 10.3. The number of ether oxygens (including phenoxy) is 4. The van der Waals surface area contributed by atoms with Crippen LogP contribution in [0.15, 0.2) is 12.2 Å². The first kappa shape index (κ1) is 35.0. The average Bonchev–Trinajstić information content (AvgIpc) is 3.20. The zero-order chi connectivity index (χ0) is 29.5. The molecule has 40 heavy (non-hydrogen) atoms. The second kappa shape index (κ2) is 18.4. The van der Waals surface area contributed by atoms with Gasteiger partial charge in [0.25, 0.3) is 0 Å². The van der Waals surface area contributed by atoms with Gasteiger partial charge in [-0.3, -0.25) is 4.79 Å². The summed E-state index contributed by atoms with van der Waals surface area (Å²) in [7, 11) is 0. The van der Waals surface area contributed by atoms with E-state index in [1.165, 1.54) is 25.7 Å². The highest BCUT2D eigenvalue weighted by molar-refractivity contribution is 5.69. The molecular weight excluding hydrogens is 528 g/mol. The van der Waals surface area contributed by atoms with Crippen molar-refractivity contribution in [2.24, 2.45) is 0 Å². The zero-order valence-corrected chi connectivity index (χ0v) is 23.6. The Morgan fingerprint density at radius 1 is 0.800 bits per heavy atom. The van der Waals surface area contributed by atoms with Crippen molar-refractivity contribution in [2.75, 3.05) is 19.8 Å². The van der Waals surface area contributed by atoms with E-state index in [4.69, 9.17) is 18.9 Å². The molecule has 12 heteroatoms. The van der Waals surface area contributed by atoms with Gasteiger partial charge in [0.15, 0.2) is 6.29 Å². The predicted molar refractivity (Wildman–Crippen MR) is 143 cm³/mol. The van der Waals surface area contributed by atoms with Gasteiger partial charge in [0.05, 0.1) is 6.61 Å². The van der Waals surface area contributed by atoms with E-state index in [-0.39, 0.29) is 6.42 Å². The summed E-state index contributed by atoms with van der Waals surface area (Å²) in [4.78, 5) is 12.2. The van der Waals surface area contributed by atoms with Gasteiger partial charge in [-0.05, 0) is 32.1 Å². The molecule has 2 aliphatic heterocycles. The molecule has 234 valence electrons. The van der Waals surface area contributed by atoms with Crippen molar-refractivity contribution in [3.05, 3.63) is 12.2 Å². The number of aliphatic hydroxyl groups excluding tert-OH is 7. The molecule has 2 rings (SSSR count). The van der Waals surface area contributed by atoms with Crippen LogP contribution in [0.3, 0.4) is 0 Å². The van der Waals surface area contributed by atoms with Gasteiger partial charge in [0.1, 0.15) is 55.9 Å². The molecule has 9 atom stereocenters. The van der Waals surface area contributed by atoms with E-state index in [0.29, 0.717) is 6.42 Å². The molecule has 0 unspecified atom stereocenters. The van der Waals surface area contributed by atoms with Crippen LogP contribution >= 0.6 is 0 Å². The molecule has 12 nitrogen and oxygen atoms in total. The molecule has 0 aliphatic carbocycles. The second-order valence-electron chi connectivity index (χ2n) is 10.7. The van der Waals surface area contributed by atoms with Crippen LogP contribution in [0.25, 0.3) is 0 Å². The number of carbonyl (C=O) groups excluding carboxylic acids is 1. The quantitative estimate of drug-likeness (QED) is 0.0635. The first-order valence-corrected chi connectivity index (χ1v) is 14.6.